The molecule has 0 aromatic carbocycles. The van der Waals surface area contributed by atoms with Gasteiger partial charge in [0.05, 0.1) is 0 Å². The summed E-state index contributed by atoms with van der Waals surface area (Å²) in [5.41, 5.74) is 0. The van der Waals surface area contributed by atoms with E-state index in [0.717, 1.165) is 12.2 Å². The Hall–Kier alpha value is -0.220. The zero-order valence-electron chi connectivity index (χ0n) is 9.58. The maximum atomic E-state index is 11.5. The maximum absolute atomic E-state index is 11.5. The molecule has 3 nitrogen and oxygen atoms in total. The fourth-order valence-corrected chi connectivity index (χ4v) is 1.60. The van der Waals surface area contributed by atoms with Crippen LogP contribution in [-0.2, 0) is 9.53 Å². The molecule has 84 valence electrons. The van der Waals surface area contributed by atoms with Gasteiger partial charge in [-0.2, -0.15) is 11.8 Å². The third kappa shape index (κ3) is 5.50. The number of rotatable bonds is 7. The summed E-state index contributed by atoms with van der Waals surface area (Å²) in [6.45, 7) is 4.76. The number of carbonyl (C=O) groups excluding carboxylic acids is 1. The Morgan fingerprint density at radius 2 is 2.21 bits per heavy atom. The average molecular weight is 219 g/mol. The lowest BCUT2D eigenvalue weighted by molar-refractivity contribution is -0.136. The Morgan fingerprint density at radius 1 is 1.57 bits per heavy atom. The van der Waals surface area contributed by atoms with E-state index >= 15 is 0 Å². The van der Waals surface area contributed by atoms with Crippen LogP contribution in [0.3, 0.4) is 0 Å². The van der Waals surface area contributed by atoms with E-state index in [9.17, 15) is 4.79 Å². The zero-order valence-corrected chi connectivity index (χ0v) is 10.4. The molecule has 1 unspecified atom stereocenters. The molecule has 0 saturated heterocycles. The largest absolute Gasteiger partial charge is 0.372 e. The van der Waals surface area contributed by atoms with E-state index in [-0.39, 0.29) is 12.5 Å². The van der Waals surface area contributed by atoms with Crippen molar-refractivity contribution in [2.75, 3.05) is 32.3 Å². The third-order valence-corrected chi connectivity index (χ3v) is 2.87. The van der Waals surface area contributed by atoms with Crippen molar-refractivity contribution < 1.29 is 9.53 Å². The van der Waals surface area contributed by atoms with Crippen LogP contribution < -0.4 is 0 Å². The van der Waals surface area contributed by atoms with Crippen LogP contribution in [0.5, 0.6) is 0 Å². The van der Waals surface area contributed by atoms with E-state index in [1.165, 1.54) is 0 Å². The van der Waals surface area contributed by atoms with Crippen molar-refractivity contribution in [3.05, 3.63) is 0 Å². The molecule has 0 N–H and O–H groups in total. The second-order valence-electron chi connectivity index (χ2n) is 3.27. The average Bonchev–Trinajstić information content (AvgIpc) is 2.21. The van der Waals surface area contributed by atoms with Gasteiger partial charge in [0.2, 0.25) is 5.91 Å². The fourth-order valence-electron chi connectivity index (χ4n) is 1.02. The lowest BCUT2D eigenvalue weighted by atomic mass is 10.2. The highest BCUT2D eigenvalue weighted by Crippen LogP contribution is 2.06. The predicted molar refractivity (Wildman–Crippen MR) is 61.7 cm³/mol. The van der Waals surface area contributed by atoms with Crippen LogP contribution in [0.25, 0.3) is 0 Å². The van der Waals surface area contributed by atoms with Crippen LogP contribution in [0.1, 0.15) is 20.3 Å². The summed E-state index contributed by atoms with van der Waals surface area (Å²) < 4.78 is 5.07. The highest BCUT2D eigenvalue weighted by atomic mass is 32.2. The van der Waals surface area contributed by atoms with Crippen molar-refractivity contribution in [2.24, 2.45) is 0 Å². The van der Waals surface area contributed by atoms with Crippen molar-refractivity contribution >= 4 is 17.7 Å². The van der Waals surface area contributed by atoms with E-state index in [1.807, 2.05) is 25.7 Å². The van der Waals surface area contributed by atoms with Gasteiger partial charge in [-0.25, -0.2) is 0 Å². The molecule has 0 aliphatic rings. The SMILES string of the molecule is CCOCC(=O)N(C)C(C)CCSC. The smallest absolute Gasteiger partial charge is 0.248 e. The minimum absolute atomic E-state index is 0.0699. The summed E-state index contributed by atoms with van der Waals surface area (Å²) in [5, 5.41) is 0. The number of thioether (sulfide) groups is 1. The van der Waals surface area contributed by atoms with Crippen LogP contribution >= 0.6 is 11.8 Å². The summed E-state index contributed by atoms with van der Waals surface area (Å²) in [5.74, 6) is 1.16. The first-order valence-corrected chi connectivity index (χ1v) is 6.35. The lowest BCUT2D eigenvalue weighted by Crippen LogP contribution is -2.37. The van der Waals surface area contributed by atoms with Crippen molar-refractivity contribution in [1.82, 2.24) is 4.90 Å². The van der Waals surface area contributed by atoms with Crippen molar-refractivity contribution in [2.45, 2.75) is 26.3 Å². The van der Waals surface area contributed by atoms with Gasteiger partial charge in [-0.05, 0) is 32.3 Å². The summed E-state index contributed by atoms with van der Waals surface area (Å²) in [7, 11) is 1.84. The van der Waals surface area contributed by atoms with Gasteiger partial charge >= 0.3 is 0 Å². The first kappa shape index (κ1) is 13.8. The number of hydrogen-bond acceptors (Lipinski definition) is 3. The van der Waals surface area contributed by atoms with Gasteiger partial charge in [0, 0.05) is 19.7 Å². The minimum Gasteiger partial charge on any atom is -0.372 e. The first-order valence-electron chi connectivity index (χ1n) is 4.95. The first-order chi connectivity index (χ1) is 6.63. The van der Waals surface area contributed by atoms with Gasteiger partial charge in [0.15, 0.2) is 0 Å². The van der Waals surface area contributed by atoms with Gasteiger partial charge in [-0.15, -0.1) is 0 Å². The summed E-state index contributed by atoms with van der Waals surface area (Å²) >= 11 is 1.81. The number of hydrogen-bond donors (Lipinski definition) is 0. The van der Waals surface area contributed by atoms with Gasteiger partial charge in [-0.3, -0.25) is 4.79 Å². The molecule has 0 aromatic rings. The predicted octanol–water partition coefficient (Wildman–Crippen LogP) is 1.62. The van der Waals surface area contributed by atoms with Crippen molar-refractivity contribution in [1.29, 1.82) is 0 Å². The fraction of sp³-hybridized carbons (Fsp3) is 0.900. The van der Waals surface area contributed by atoms with Crippen LogP contribution in [0.2, 0.25) is 0 Å². The number of nitrogens with zero attached hydrogens (tertiary/aromatic N) is 1. The molecule has 0 aliphatic heterocycles. The van der Waals surface area contributed by atoms with Gasteiger partial charge in [0.25, 0.3) is 0 Å². The summed E-state index contributed by atoms with van der Waals surface area (Å²) in [6, 6.07) is 0.301. The van der Waals surface area contributed by atoms with E-state index in [2.05, 4.69) is 13.2 Å². The van der Waals surface area contributed by atoms with Crippen molar-refractivity contribution in [3.8, 4) is 0 Å². The molecule has 0 heterocycles. The number of carbonyl (C=O) groups is 1. The zero-order chi connectivity index (χ0) is 11.0. The Bertz CT molecular complexity index is 164. The third-order valence-electron chi connectivity index (χ3n) is 2.22. The number of likely N-dealkylation sites (N-methyl/N-ethyl adjacent to an activating group) is 1. The van der Waals surface area contributed by atoms with Crippen molar-refractivity contribution in [3.63, 3.8) is 0 Å². The Kier molecular flexibility index (Phi) is 7.99. The van der Waals surface area contributed by atoms with Crippen LogP contribution in [-0.4, -0.2) is 49.1 Å². The van der Waals surface area contributed by atoms with E-state index < -0.39 is 0 Å². The molecule has 0 saturated carbocycles. The monoisotopic (exact) mass is 219 g/mol. The molecule has 0 bridgehead atoms. The second kappa shape index (κ2) is 8.12. The van der Waals surface area contributed by atoms with Gasteiger partial charge < -0.3 is 9.64 Å². The molecule has 0 radical (unpaired) electrons. The molecule has 1 atom stereocenters. The molecular weight excluding hydrogens is 198 g/mol. The van der Waals surface area contributed by atoms with E-state index in [0.29, 0.717) is 12.6 Å². The van der Waals surface area contributed by atoms with Crippen LogP contribution in [0, 0.1) is 0 Å². The molecule has 0 aliphatic carbocycles. The topological polar surface area (TPSA) is 29.5 Å². The molecular formula is C10H21NO2S. The highest BCUT2D eigenvalue weighted by molar-refractivity contribution is 7.98. The highest BCUT2D eigenvalue weighted by Gasteiger charge is 2.14. The second-order valence-corrected chi connectivity index (χ2v) is 4.26. The number of ether oxygens (including phenoxy) is 1. The van der Waals surface area contributed by atoms with E-state index in [4.69, 9.17) is 4.74 Å². The Morgan fingerprint density at radius 3 is 2.71 bits per heavy atom. The standard InChI is InChI=1S/C10H21NO2S/c1-5-13-8-10(12)11(3)9(2)6-7-14-4/h9H,5-8H2,1-4H3. The van der Waals surface area contributed by atoms with Crippen LogP contribution in [0.4, 0.5) is 0 Å². The Balaban J connectivity index is 3.78. The molecule has 0 fully saturated rings. The lowest BCUT2D eigenvalue weighted by Gasteiger charge is -2.24. The van der Waals surface area contributed by atoms with E-state index in [1.54, 1.807) is 4.90 Å². The molecule has 0 rings (SSSR count). The summed E-state index contributed by atoms with van der Waals surface area (Å²) in [4.78, 5) is 13.3. The summed E-state index contributed by atoms with van der Waals surface area (Å²) in [6.07, 6.45) is 3.12. The Labute approximate surface area is 91.2 Å². The van der Waals surface area contributed by atoms with Crippen LogP contribution in [0.15, 0.2) is 0 Å². The van der Waals surface area contributed by atoms with Gasteiger partial charge in [0.1, 0.15) is 6.61 Å². The number of amides is 1. The molecule has 0 spiro atoms. The molecule has 1 amide bonds. The maximum Gasteiger partial charge on any atom is 0.248 e. The minimum atomic E-state index is 0.0699. The molecule has 4 heteroatoms. The quantitative estimate of drug-likeness (QED) is 0.651. The molecule has 14 heavy (non-hydrogen) atoms. The normalized spacial score (nSPS) is 12.6. The van der Waals surface area contributed by atoms with Gasteiger partial charge in [-0.1, -0.05) is 0 Å². The molecule has 0 aromatic heterocycles.